The first-order valence-corrected chi connectivity index (χ1v) is 7.88. The average molecular weight is 279 g/mol. The van der Waals surface area contributed by atoms with Gasteiger partial charge in [0.1, 0.15) is 5.54 Å². The van der Waals surface area contributed by atoms with Gasteiger partial charge in [-0.1, -0.05) is 6.92 Å². The number of sulfonamides is 1. The molecule has 1 aliphatic rings. The molecule has 0 aliphatic heterocycles. The van der Waals surface area contributed by atoms with Crippen LogP contribution < -0.4 is 0 Å². The van der Waals surface area contributed by atoms with Crippen LogP contribution in [0.15, 0.2) is 0 Å². The standard InChI is InChI=1S/C11H19ClN2O2S/c1-9(6-12)7-17(15,16)14(10-4-5-10)11(2,3)8-13/h9-10H,4-7H2,1-3H3. The van der Waals surface area contributed by atoms with Crippen LogP contribution in [-0.2, 0) is 10.0 Å². The molecule has 0 bridgehead atoms. The third-order valence-corrected chi connectivity index (χ3v) is 5.63. The number of hydrogen-bond acceptors (Lipinski definition) is 3. The summed E-state index contributed by atoms with van der Waals surface area (Å²) in [6.45, 7) is 5.09. The summed E-state index contributed by atoms with van der Waals surface area (Å²) in [4.78, 5) is 0. The summed E-state index contributed by atoms with van der Waals surface area (Å²) in [5.74, 6) is 0.223. The average Bonchev–Trinajstić information content (AvgIpc) is 3.00. The van der Waals surface area contributed by atoms with Gasteiger partial charge in [0.25, 0.3) is 0 Å². The molecular formula is C11H19ClN2O2S. The van der Waals surface area contributed by atoms with E-state index in [0.29, 0.717) is 5.88 Å². The van der Waals surface area contributed by atoms with Crippen molar-refractivity contribution < 1.29 is 8.42 Å². The Kier molecular flexibility index (Phi) is 4.45. The highest BCUT2D eigenvalue weighted by Crippen LogP contribution is 2.35. The Hall–Kier alpha value is -0.310. The van der Waals surface area contributed by atoms with Crippen molar-refractivity contribution in [3.63, 3.8) is 0 Å². The van der Waals surface area contributed by atoms with Crippen LogP contribution in [0.25, 0.3) is 0 Å². The lowest BCUT2D eigenvalue weighted by molar-refractivity contribution is 0.279. The normalized spacial score (nSPS) is 19.1. The van der Waals surface area contributed by atoms with Crippen molar-refractivity contribution in [3.8, 4) is 6.07 Å². The quantitative estimate of drug-likeness (QED) is 0.698. The third kappa shape index (κ3) is 3.57. The van der Waals surface area contributed by atoms with Crippen LogP contribution in [0.3, 0.4) is 0 Å². The zero-order valence-electron chi connectivity index (χ0n) is 10.5. The van der Waals surface area contributed by atoms with Crippen LogP contribution in [0.5, 0.6) is 0 Å². The molecule has 6 heteroatoms. The largest absolute Gasteiger partial charge is 0.216 e. The fraction of sp³-hybridized carbons (Fsp3) is 0.909. The minimum atomic E-state index is -3.41. The minimum Gasteiger partial charge on any atom is -0.212 e. The molecule has 0 saturated heterocycles. The van der Waals surface area contributed by atoms with Gasteiger partial charge in [0.15, 0.2) is 0 Å². The van der Waals surface area contributed by atoms with E-state index in [1.165, 1.54) is 4.31 Å². The molecule has 4 nitrogen and oxygen atoms in total. The van der Waals surface area contributed by atoms with Crippen LogP contribution in [0.2, 0.25) is 0 Å². The van der Waals surface area contributed by atoms with Crippen molar-refractivity contribution in [2.24, 2.45) is 5.92 Å². The number of hydrogen-bond donors (Lipinski definition) is 0. The van der Waals surface area contributed by atoms with E-state index in [9.17, 15) is 8.42 Å². The summed E-state index contributed by atoms with van der Waals surface area (Å²) in [7, 11) is -3.41. The van der Waals surface area contributed by atoms with Gasteiger partial charge in [0.05, 0.1) is 11.8 Å². The van der Waals surface area contributed by atoms with Gasteiger partial charge in [-0.25, -0.2) is 8.42 Å². The SMILES string of the molecule is CC(CCl)CS(=O)(=O)N(C1CC1)C(C)(C)C#N. The first-order valence-electron chi connectivity index (χ1n) is 5.74. The number of halogens is 1. The lowest BCUT2D eigenvalue weighted by Crippen LogP contribution is -2.49. The number of rotatable bonds is 6. The molecule has 0 aromatic rings. The van der Waals surface area contributed by atoms with E-state index in [1.54, 1.807) is 20.8 Å². The van der Waals surface area contributed by atoms with Gasteiger partial charge in [-0.2, -0.15) is 9.57 Å². The van der Waals surface area contributed by atoms with Crippen molar-refractivity contribution in [3.05, 3.63) is 0 Å². The second kappa shape index (κ2) is 5.13. The number of alkyl halides is 1. The zero-order chi connectivity index (χ0) is 13.3. The fourth-order valence-electron chi connectivity index (χ4n) is 1.87. The van der Waals surface area contributed by atoms with Crippen LogP contribution >= 0.6 is 11.6 Å². The van der Waals surface area contributed by atoms with Crippen molar-refractivity contribution in [1.82, 2.24) is 4.31 Å². The van der Waals surface area contributed by atoms with Gasteiger partial charge >= 0.3 is 0 Å². The second-order valence-electron chi connectivity index (χ2n) is 5.24. The topological polar surface area (TPSA) is 61.2 Å². The Labute approximate surface area is 109 Å². The van der Waals surface area contributed by atoms with Crippen molar-refractivity contribution in [2.75, 3.05) is 11.6 Å². The van der Waals surface area contributed by atoms with Gasteiger partial charge in [-0.15, -0.1) is 11.6 Å². The molecule has 17 heavy (non-hydrogen) atoms. The maximum absolute atomic E-state index is 12.3. The van der Waals surface area contributed by atoms with Crippen molar-refractivity contribution in [1.29, 1.82) is 5.26 Å². The minimum absolute atomic E-state index is 0.00262. The van der Waals surface area contributed by atoms with E-state index >= 15 is 0 Å². The molecule has 0 spiro atoms. The molecule has 0 heterocycles. The molecule has 1 rings (SSSR count). The van der Waals surface area contributed by atoms with Crippen molar-refractivity contribution >= 4 is 21.6 Å². The molecule has 1 unspecified atom stereocenters. The highest BCUT2D eigenvalue weighted by atomic mass is 35.5. The summed E-state index contributed by atoms with van der Waals surface area (Å²) in [5.41, 5.74) is -0.980. The van der Waals surface area contributed by atoms with Crippen LogP contribution in [0, 0.1) is 17.2 Å². The first-order chi connectivity index (χ1) is 7.74. The Morgan fingerprint density at radius 1 is 1.53 bits per heavy atom. The van der Waals surface area contributed by atoms with Gasteiger partial charge in [-0.3, -0.25) is 0 Å². The molecule has 0 N–H and O–H groups in total. The smallest absolute Gasteiger partial charge is 0.212 e. The highest BCUT2D eigenvalue weighted by molar-refractivity contribution is 7.89. The summed E-state index contributed by atoms with van der Waals surface area (Å²) in [6, 6.07) is 2.07. The predicted octanol–water partition coefficient (Wildman–Crippen LogP) is 1.96. The maximum atomic E-state index is 12.3. The Morgan fingerprint density at radius 2 is 2.06 bits per heavy atom. The Morgan fingerprint density at radius 3 is 2.41 bits per heavy atom. The van der Waals surface area contributed by atoms with E-state index in [1.807, 2.05) is 0 Å². The second-order valence-corrected chi connectivity index (χ2v) is 7.44. The Balaban J connectivity index is 2.96. The lowest BCUT2D eigenvalue weighted by atomic mass is 10.1. The monoisotopic (exact) mass is 278 g/mol. The molecule has 0 amide bonds. The molecule has 98 valence electrons. The molecule has 0 aromatic heterocycles. The molecule has 1 atom stereocenters. The van der Waals surface area contributed by atoms with Crippen LogP contribution in [-0.4, -0.2) is 35.9 Å². The maximum Gasteiger partial charge on any atom is 0.216 e. The van der Waals surface area contributed by atoms with E-state index in [0.717, 1.165) is 12.8 Å². The van der Waals surface area contributed by atoms with E-state index in [-0.39, 0.29) is 17.7 Å². The molecule has 0 radical (unpaired) electrons. The van der Waals surface area contributed by atoms with Gasteiger partial charge < -0.3 is 0 Å². The number of nitriles is 1. The van der Waals surface area contributed by atoms with Gasteiger partial charge in [-0.05, 0) is 32.6 Å². The molecule has 1 saturated carbocycles. The molecular weight excluding hydrogens is 260 g/mol. The van der Waals surface area contributed by atoms with Crippen LogP contribution in [0.1, 0.15) is 33.6 Å². The fourth-order valence-corrected chi connectivity index (χ4v) is 4.51. The van der Waals surface area contributed by atoms with E-state index in [4.69, 9.17) is 16.9 Å². The Bertz CT molecular complexity index is 410. The number of nitrogens with zero attached hydrogens (tertiary/aromatic N) is 2. The summed E-state index contributed by atoms with van der Waals surface area (Å²) >= 11 is 5.66. The zero-order valence-corrected chi connectivity index (χ0v) is 12.1. The summed E-state index contributed by atoms with van der Waals surface area (Å²) < 4.78 is 26.0. The first kappa shape index (κ1) is 14.7. The summed E-state index contributed by atoms with van der Waals surface area (Å²) in [5, 5.41) is 9.11. The van der Waals surface area contributed by atoms with E-state index in [2.05, 4.69) is 6.07 Å². The molecule has 1 aliphatic carbocycles. The summed E-state index contributed by atoms with van der Waals surface area (Å²) in [6.07, 6.45) is 1.69. The van der Waals surface area contributed by atoms with Crippen LogP contribution in [0.4, 0.5) is 0 Å². The molecule has 0 aromatic carbocycles. The van der Waals surface area contributed by atoms with Crippen molar-refractivity contribution in [2.45, 2.75) is 45.2 Å². The predicted molar refractivity (Wildman–Crippen MR) is 68.2 cm³/mol. The highest BCUT2D eigenvalue weighted by Gasteiger charge is 2.46. The van der Waals surface area contributed by atoms with Gasteiger partial charge in [0, 0.05) is 11.9 Å². The third-order valence-electron chi connectivity index (χ3n) is 2.76. The van der Waals surface area contributed by atoms with E-state index < -0.39 is 15.6 Å². The molecule has 1 fully saturated rings. The lowest BCUT2D eigenvalue weighted by Gasteiger charge is -2.32. The van der Waals surface area contributed by atoms with Gasteiger partial charge in [0.2, 0.25) is 10.0 Å².